The van der Waals surface area contributed by atoms with Crippen molar-refractivity contribution in [2.45, 2.75) is 46.5 Å². The Labute approximate surface area is 164 Å². The maximum Gasteiger partial charge on any atom is 0.229 e. The van der Waals surface area contributed by atoms with Crippen LogP contribution in [0.5, 0.6) is 0 Å². The molecule has 1 aliphatic carbocycles. The molecule has 1 atom stereocenters. The molecule has 3 rings (SSSR count). The summed E-state index contributed by atoms with van der Waals surface area (Å²) in [5, 5.41) is 13.9. The van der Waals surface area contributed by atoms with E-state index in [2.05, 4.69) is 32.2 Å². The monoisotopic (exact) mass is 386 g/mol. The van der Waals surface area contributed by atoms with E-state index >= 15 is 0 Å². The summed E-state index contributed by atoms with van der Waals surface area (Å²) in [6, 6.07) is 9.57. The number of thiophene rings is 1. The van der Waals surface area contributed by atoms with E-state index in [0.717, 1.165) is 30.4 Å². The fourth-order valence-electron chi connectivity index (χ4n) is 3.49. The van der Waals surface area contributed by atoms with Crippen molar-refractivity contribution in [1.82, 2.24) is 0 Å². The highest BCUT2D eigenvalue weighted by molar-refractivity contribution is 7.16. The minimum Gasteiger partial charge on any atom is -0.316 e. The Morgan fingerprint density at radius 3 is 2.65 bits per heavy atom. The Hall–Kier alpha value is -1.83. The summed E-state index contributed by atoms with van der Waals surface area (Å²) in [4.78, 5) is 13.7. The van der Waals surface area contributed by atoms with E-state index in [9.17, 15) is 10.1 Å². The summed E-state index contributed by atoms with van der Waals surface area (Å²) in [5.41, 5.74) is 2.95. The number of benzene rings is 1. The highest BCUT2D eigenvalue weighted by atomic mass is 35.5. The molecule has 1 heterocycles. The van der Waals surface area contributed by atoms with Crippen LogP contribution in [-0.2, 0) is 24.1 Å². The van der Waals surface area contributed by atoms with Crippen LogP contribution in [0.25, 0.3) is 0 Å². The number of hydrogen-bond donors (Lipinski definition) is 1. The van der Waals surface area contributed by atoms with E-state index in [1.807, 2.05) is 12.1 Å². The van der Waals surface area contributed by atoms with Gasteiger partial charge in [-0.3, -0.25) is 4.79 Å². The van der Waals surface area contributed by atoms with Crippen molar-refractivity contribution in [3.63, 3.8) is 0 Å². The fourth-order valence-corrected chi connectivity index (χ4v) is 4.91. The molecule has 0 saturated heterocycles. The van der Waals surface area contributed by atoms with Crippen molar-refractivity contribution in [1.29, 1.82) is 5.26 Å². The first-order valence-electron chi connectivity index (χ1n) is 8.87. The van der Waals surface area contributed by atoms with Crippen molar-refractivity contribution in [2.24, 2.45) is 11.3 Å². The second-order valence-electron chi connectivity index (χ2n) is 7.98. The van der Waals surface area contributed by atoms with Crippen LogP contribution < -0.4 is 5.32 Å². The number of nitrogens with one attached hydrogen (secondary N) is 1. The summed E-state index contributed by atoms with van der Waals surface area (Å²) in [7, 11) is 0. The number of halogens is 1. The van der Waals surface area contributed by atoms with E-state index in [1.165, 1.54) is 4.88 Å². The summed E-state index contributed by atoms with van der Waals surface area (Å²) in [6.45, 7) is 6.82. The Morgan fingerprint density at radius 1 is 1.35 bits per heavy atom. The van der Waals surface area contributed by atoms with Crippen LogP contribution in [0.2, 0.25) is 5.02 Å². The number of carbonyl (C=O) groups is 1. The van der Waals surface area contributed by atoms with Gasteiger partial charge in [-0.2, -0.15) is 5.26 Å². The third kappa shape index (κ3) is 4.11. The van der Waals surface area contributed by atoms with E-state index in [4.69, 9.17) is 11.6 Å². The first-order chi connectivity index (χ1) is 12.3. The molecule has 2 aromatic rings. The van der Waals surface area contributed by atoms with Gasteiger partial charge in [-0.15, -0.1) is 11.3 Å². The second kappa shape index (κ2) is 7.42. The summed E-state index contributed by atoms with van der Waals surface area (Å²) in [5.74, 6) is 0.507. The van der Waals surface area contributed by atoms with Crippen LogP contribution >= 0.6 is 22.9 Å². The molecule has 0 radical (unpaired) electrons. The highest BCUT2D eigenvalue weighted by Crippen LogP contribution is 2.44. The lowest BCUT2D eigenvalue weighted by Crippen LogP contribution is -2.26. The highest BCUT2D eigenvalue weighted by Gasteiger charge is 2.32. The SMILES string of the molecule is CC(C)(C)C1CCc2c(sc(NC(=O)Cc3ccc(Cl)cc3)c2C#N)C1. The molecule has 1 unspecified atom stereocenters. The van der Waals surface area contributed by atoms with Gasteiger partial charge in [0.05, 0.1) is 12.0 Å². The third-order valence-corrected chi connectivity index (χ3v) is 6.55. The van der Waals surface area contributed by atoms with Gasteiger partial charge in [0.15, 0.2) is 0 Å². The van der Waals surface area contributed by atoms with Crippen LogP contribution in [0.4, 0.5) is 5.00 Å². The maximum absolute atomic E-state index is 12.4. The molecule has 0 fully saturated rings. The van der Waals surface area contributed by atoms with Crippen molar-refractivity contribution in [3.8, 4) is 6.07 Å². The standard InChI is InChI=1S/C21H23ClN2OS/c1-21(2,3)14-6-9-16-17(12-23)20(26-18(16)11-14)24-19(25)10-13-4-7-15(22)8-5-13/h4-5,7-8,14H,6,9-11H2,1-3H3,(H,24,25). The van der Waals surface area contributed by atoms with Gasteiger partial charge in [-0.05, 0) is 53.9 Å². The van der Waals surface area contributed by atoms with Crippen molar-refractivity contribution in [2.75, 3.05) is 5.32 Å². The normalized spacial score (nSPS) is 16.7. The number of amides is 1. The molecule has 0 bridgehead atoms. The van der Waals surface area contributed by atoms with E-state index in [1.54, 1.807) is 23.5 Å². The Kier molecular flexibility index (Phi) is 5.41. The zero-order chi connectivity index (χ0) is 18.9. The molecule has 3 nitrogen and oxygen atoms in total. The van der Waals surface area contributed by atoms with E-state index in [-0.39, 0.29) is 17.7 Å². The first kappa shape index (κ1) is 18.9. The van der Waals surface area contributed by atoms with Crippen LogP contribution in [0.3, 0.4) is 0 Å². The van der Waals surface area contributed by atoms with Crippen LogP contribution in [-0.4, -0.2) is 5.91 Å². The summed E-state index contributed by atoms with van der Waals surface area (Å²) >= 11 is 7.46. The van der Waals surface area contributed by atoms with Crippen molar-refractivity contribution < 1.29 is 4.79 Å². The largest absolute Gasteiger partial charge is 0.316 e. The van der Waals surface area contributed by atoms with E-state index in [0.29, 0.717) is 21.5 Å². The topological polar surface area (TPSA) is 52.9 Å². The zero-order valence-electron chi connectivity index (χ0n) is 15.4. The van der Waals surface area contributed by atoms with E-state index < -0.39 is 0 Å². The number of nitrogens with zero attached hydrogens (tertiary/aromatic N) is 1. The number of fused-ring (bicyclic) bond motifs is 1. The zero-order valence-corrected chi connectivity index (χ0v) is 16.9. The van der Waals surface area contributed by atoms with Crippen LogP contribution in [0, 0.1) is 22.7 Å². The number of carbonyl (C=O) groups excluding carboxylic acids is 1. The quantitative estimate of drug-likeness (QED) is 0.745. The molecule has 26 heavy (non-hydrogen) atoms. The Balaban J connectivity index is 1.77. The molecule has 1 aliphatic rings. The number of anilines is 1. The molecular weight excluding hydrogens is 364 g/mol. The predicted octanol–water partition coefficient (Wildman–Crippen LogP) is 5.61. The number of rotatable bonds is 3. The average molecular weight is 387 g/mol. The molecule has 1 aromatic carbocycles. The van der Waals surface area contributed by atoms with Crippen LogP contribution in [0.15, 0.2) is 24.3 Å². The number of nitriles is 1. The molecule has 1 N–H and O–H groups in total. The number of hydrogen-bond acceptors (Lipinski definition) is 3. The third-order valence-electron chi connectivity index (χ3n) is 5.13. The Bertz CT molecular complexity index is 856. The van der Waals surface area contributed by atoms with Gasteiger partial charge >= 0.3 is 0 Å². The lowest BCUT2D eigenvalue weighted by Gasteiger charge is -2.33. The van der Waals surface area contributed by atoms with Crippen molar-refractivity contribution in [3.05, 3.63) is 50.9 Å². The minimum absolute atomic E-state index is 0.102. The average Bonchev–Trinajstić information content (AvgIpc) is 2.92. The minimum atomic E-state index is -0.102. The lowest BCUT2D eigenvalue weighted by molar-refractivity contribution is -0.115. The molecular formula is C21H23ClN2OS. The maximum atomic E-state index is 12.4. The van der Waals surface area contributed by atoms with Crippen molar-refractivity contribution >= 4 is 33.8 Å². The summed E-state index contributed by atoms with van der Waals surface area (Å²) in [6.07, 6.45) is 3.28. The molecule has 0 spiro atoms. The smallest absolute Gasteiger partial charge is 0.229 e. The van der Waals surface area contributed by atoms with Gasteiger partial charge in [-0.1, -0.05) is 44.5 Å². The summed E-state index contributed by atoms with van der Waals surface area (Å²) < 4.78 is 0. The molecule has 0 aliphatic heterocycles. The van der Waals surface area contributed by atoms with Gasteiger partial charge in [-0.25, -0.2) is 0 Å². The van der Waals surface area contributed by atoms with Gasteiger partial charge < -0.3 is 5.32 Å². The molecule has 5 heteroatoms. The molecule has 0 saturated carbocycles. The molecule has 136 valence electrons. The molecule has 1 amide bonds. The van der Waals surface area contributed by atoms with Crippen LogP contribution in [0.1, 0.15) is 48.8 Å². The van der Waals surface area contributed by atoms with Gasteiger partial charge in [0, 0.05) is 9.90 Å². The predicted molar refractivity (Wildman–Crippen MR) is 108 cm³/mol. The second-order valence-corrected chi connectivity index (χ2v) is 9.52. The van der Waals surface area contributed by atoms with Gasteiger partial charge in [0.1, 0.15) is 11.1 Å². The fraction of sp³-hybridized carbons (Fsp3) is 0.429. The van der Waals surface area contributed by atoms with Gasteiger partial charge in [0.25, 0.3) is 0 Å². The van der Waals surface area contributed by atoms with Gasteiger partial charge in [0.2, 0.25) is 5.91 Å². The Morgan fingerprint density at radius 2 is 2.04 bits per heavy atom. The molecule has 1 aromatic heterocycles. The first-order valence-corrected chi connectivity index (χ1v) is 10.1. The lowest BCUT2D eigenvalue weighted by atomic mass is 9.72.